The Morgan fingerprint density at radius 3 is 2.81 bits per heavy atom. The van der Waals surface area contributed by atoms with Crippen molar-refractivity contribution in [2.45, 2.75) is 25.0 Å². The van der Waals surface area contributed by atoms with Crippen LogP contribution in [0.15, 0.2) is 11.8 Å². The lowest BCUT2D eigenvalue weighted by Gasteiger charge is -2.21. The van der Waals surface area contributed by atoms with Crippen molar-refractivity contribution in [2.75, 3.05) is 20.3 Å². The van der Waals surface area contributed by atoms with Gasteiger partial charge in [-0.2, -0.15) is 0 Å². The van der Waals surface area contributed by atoms with E-state index in [4.69, 9.17) is 14.2 Å². The molecular weight excluding hydrogens is 208 g/mol. The molecule has 2 fully saturated rings. The van der Waals surface area contributed by atoms with Gasteiger partial charge in [0.2, 0.25) is 0 Å². The Labute approximate surface area is 94.5 Å². The van der Waals surface area contributed by atoms with Crippen LogP contribution in [-0.4, -0.2) is 31.9 Å². The molecule has 0 radical (unpaired) electrons. The molecule has 0 unspecified atom stereocenters. The van der Waals surface area contributed by atoms with E-state index >= 15 is 0 Å². The molecule has 0 aromatic heterocycles. The molecule has 88 valence electrons. The Hall–Kier alpha value is -0.870. The maximum Gasteiger partial charge on any atom is 0.197 e. The van der Waals surface area contributed by atoms with E-state index in [1.807, 2.05) is 6.08 Å². The van der Waals surface area contributed by atoms with E-state index in [0.29, 0.717) is 37.2 Å². The highest BCUT2D eigenvalue weighted by Crippen LogP contribution is 2.48. The molecule has 0 aromatic rings. The first-order valence-electron chi connectivity index (χ1n) is 5.79. The molecular formula is C12H16O4. The maximum absolute atomic E-state index is 11.7. The van der Waals surface area contributed by atoms with E-state index in [1.54, 1.807) is 7.11 Å². The second-order valence-electron chi connectivity index (χ2n) is 4.80. The largest absolute Gasteiger partial charge is 0.493 e. The molecule has 16 heavy (non-hydrogen) atoms. The summed E-state index contributed by atoms with van der Waals surface area (Å²) >= 11 is 0. The fraction of sp³-hybridized carbons (Fsp3) is 0.750. The summed E-state index contributed by atoms with van der Waals surface area (Å²) in [6.45, 7) is 1.35. The van der Waals surface area contributed by atoms with Crippen molar-refractivity contribution >= 4 is 5.78 Å². The minimum Gasteiger partial charge on any atom is -0.493 e. The van der Waals surface area contributed by atoms with Crippen LogP contribution < -0.4 is 0 Å². The van der Waals surface area contributed by atoms with E-state index in [1.165, 1.54) is 0 Å². The van der Waals surface area contributed by atoms with Gasteiger partial charge in [0.25, 0.3) is 0 Å². The first-order chi connectivity index (χ1) is 7.72. The first kappa shape index (κ1) is 10.3. The monoisotopic (exact) mass is 224 g/mol. The van der Waals surface area contributed by atoms with Gasteiger partial charge in [0, 0.05) is 19.3 Å². The number of ketones is 1. The predicted molar refractivity (Wildman–Crippen MR) is 55.6 cm³/mol. The van der Waals surface area contributed by atoms with Crippen LogP contribution in [0.2, 0.25) is 0 Å². The Morgan fingerprint density at radius 1 is 1.38 bits per heavy atom. The minimum absolute atomic E-state index is 0.110. The molecule has 0 aromatic carbocycles. The number of allylic oxidation sites excluding steroid dienone is 2. The normalized spacial score (nSPS) is 36.3. The number of carbonyl (C=O) groups excluding carboxylic acids is 1. The molecule has 1 spiro atoms. The van der Waals surface area contributed by atoms with E-state index in [2.05, 4.69) is 0 Å². The summed E-state index contributed by atoms with van der Waals surface area (Å²) in [5.41, 5.74) is 0. The molecule has 0 N–H and O–H groups in total. The molecule has 0 amide bonds. The molecule has 2 atom stereocenters. The van der Waals surface area contributed by atoms with Gasteiger partial charge in [0.1, 0.15) is 0 Å². The highest BCUT2D eigenvalue weighted by Gasteiger charge is 2.50. The highest BCUT2D eigenvalue weighted by atomic mass is 16.7. The number of carbonyl (C=O) groups is 1. The summed E-state index contributed by atoms with van der Waals surface area (Å²) in [5.74, 6) is 0.945. The topological polar surface area (TPSA) is 44.8 Å². The number of ether oxygens (including phenoxy) is 3. The molecule has 1 saturated carbocycles. The fourth-order valence-corrected chi connectivity index (χ4v) is 3.12. The third kappa shape index (κ3) is 1.48. The van der Waals surface area contributed by atoms with Crippen molar-refractivity contribution in [1.82, 2.24) is 0 Å². The summed E-state index contributed by atoms with van der Waals surface area (Å²) in [6, 6.07) is 0. The molecule has 1 heterocycles. The molecule has 4 nitrogen and oxygen atoms in total. The van der Waals surface area contributed by atoms with Gasteiger partial charge < -0.3 is 14.2 Å². The van der Waals surface area contributed by atoms with Gasteiger partial charge in [-0.25, -0.2) is 0 Å². The van der Waals surface area contributed by atoms with Crippen molar-refractivity contribution in [2.24, 2.45) is 11.8 Å². The average molecular weight is 224 g/mol. The average Bonchev–Trinajstić information content (AvgIpc) is 2.84. The zero-order valence-electron chi connectivity index (χ0n) is 9.40. The maximum atomic E-state index is 11.7. The SMILES string of the molecule is COC1=C[C@H]2CC3(C[C@H]2CC1=O)OCCO3. The molecule has 1 aliphatic heterocycles. The number of rotatable bonds is 1. The van der Waals surface area contributed by atoms with Crippen molar-refractivity contribution in [3.05, 3.63) is 11.8 Å². The summed E-state index contributed by atoms with van der Waals surface area (Å²) in [5, 5.41) is 0. The number of fused-ring (bicyclic) bond motifs is 1. The Bertz CT molecular complexity index is 341. The molecule has 3 aliphatic rings. The lowest BCUT2D eigenvalue weighted by molar-refractivity contribution is -0.153. The standard InChI is InChI=1S/C12H16O4/c1-14-11-5-9-7-12(15-2-3-16-12)6-8(9)4-10(11)13/h5,8-9H,2-4,6-7H2,1H3/t8-,9+/m1/s1. The fourth-order valence-electron chi connectivity index (χ4n) is 3.12. The lowest BCUT2D eigenvalue weighted by atomic mass is 9.85. The van der Waals surface area contributed by atoms with Crippen molar-refractivity contribution < 1.29 is 19.0 Å². The van der Waals surface area contributed by atoms with Crippen LogP contribution in [0.25, 0.3) is 0 Å². The van der Waals surface area contributed by atoms with Crippen LogP contribution in [-0.2, 0) is 19.0 Å². The second kappa shape index (κ2) is 3.57. The van der Waals surface area contributed by atoms with Crippen molar-refractivity contribution in [1.29, 1.82) is 0 Å². The smallest absolute Gasteiger partial charge is 0.197 e. The summed E-state index contributed by atoms with van der Waals surface area (Å²) in [7, 11) is 1.55. The van der Waals surface area contributed by atoms with E-state index < -0.39 is 5.79 Å². The third-order valence-corrected chi connectivity index (χ3v) is 3.85. The summed E-state index contributed by atoms with van der Waals surface area (Å²) in [6.07, 6.45) is 4.23. The van der Waals surface area contributed by atoms with Crippen LogP contribution >= 0.6 is 0 Å². The molecule has 2 aliphatic carbocycles. The lowest BCUT2D eigenvalue weighted by Crippen LogP contribution is -2.26. The van der Waals surface area contributed by atoms with Crippen molar-refractivity contribution in [3.8, 4) is 0 Å². The highest BCUT2D eigenvalue weighted by molar-refractivity contribution is 5.94. The Balaban J connectivity index is 1.82. The second-order valence-corrected chi connectivity index (χ2v) is 4.80. The number of methoxy groups -OCH3 is 1. The van der Waals surface area contributed by atoms with Gasteiger partial charge in [-0.15, -0.1) is 0 Å². The van der Waals surface area contributed by atoms with Gasteiger partial charge >= 0.3 is 0 Å². The third-order valence-electron chi connectivity index (χ3n) is 3.85. The van der Waals surface area contributed by atoms with Gasteiger partial charge in [0.15, 0.2) is 17.3 Å². The zero-order chi connectivity index (χ0) is 11.2. The number of Topliss-reactive ketones (excluding diaryl/α,β-unsaturated/α-hetero) is 1. The van der Waals surface area contributed by atoms with Gasteiger partial charge in [-0.1, -0.05) is 0 Å². The number of hydrogen-bond acceptors (Lipinski definition) is 4. The van der Waals surface area contributed by atoms with Gasteiger partial charge in [-0.05, 0) is 17.9 Å². The zero-order valence-corrected chi connectivity index (χ0v) is 9.40. The van der Waals surface area contributed by atoms with E-state index in [0.717, 1.165) is 12.8 Å². The molecule has 0 bridgehead atoms. The Morgan fingerprint density at radius 2 is 2.12 bits per heavy atom. The molecule has 4 heteroatoms. The van der Waals surface area contributed by atoms with Gasteiger partial charge in [-0.3, -0.25) is 4.79 Å². The molecule has 1 saturated heterocycles. The molecule has 3 rings (SSSR count). The quantitative estimate of drug-likeness (QED) is 0.672. The van der Waals surface area contributed by atoms with Crippen LogP contribution in [0.3, 0.4) is 0 Å². The summed E-state index contributed by atoms with van der Waals surface area (Å²) < 4.78 is 16.5. The predicted octanol–water partition coefficient (Wildman–Crippen LogP) is 1.26. The van der Waals surface area contributed by atoms with Crippen LogP contribution in [0.1, 0.15) is 19.3 Å². The van der Waals surface area contributed by atoms with Crippen molar-refractivity contribution in [3.63, 3.8) is 0 Å². The van der Waals surface area contributed by atoms with E-state index in [-0.39, 0.29) is 5.78 Å². The van der Waals surface area contributed by atoms with Crippen LogP contribution in [0, 0.1) is 11.8 Å². The number of hydrogen-bond donors (Lipinski definition) is 0. The van der Waals surface area contributed by atoms with Crippen LogP contribution in [0.4, 0.5) is 0 Å². The first-order valence-corrected chi connectivity index (χ1v) is 5.79. The van der Waals surface area contributed by atoms with Crippen LogP contribution in [0.5, 0.6) is 0 Å². The van der Waals surface area contributed by atoms with Gasteiger partial charge in [0.05, 0.1) is 20.3 Å². The van der Waals surface area contributed by atoms with E-state index in [9.17, 15) is 4.79 Å². The summed E-state index contributed by atoms with van der Waals surface area (Å²) in [4.78, 5) is 11.7. The Kier molecular flexibility index (Phi) is 2.30. The minimum atomic E-state index is -0.407.